The number of nitrogens with one attached hydrogen (secondary N) is 2. The zero-order chi connectivity index (χ0) is 37.6. The minimum Gasteiger partial charge on any atom is -0.466 e. The van der Waals surface area contributed by atoms with Crippen molar-refractivity contribution < 1.29 is 48.0 Å². The third kappa shape index (κ3) is 7.95. The van der Waals surface area contributed by atoms with E-state index < -0.39 is 45.6 Å². The number of non-ortho nitro benzene ring substituents is 2. The second-order valence-electron chi connectivity index (χ2n) is 11.6. The van der Waals surface area contributed by atoms with E-state index in [0.29, 0.717) is 33.9 Å². The minimum absolute atomic E-state index is 0.0683. The number of carbonyl (C=O) groups is 4. The van der Waals surface area contributed by atoms with Gasteiger partial charge in [-0.15, -0.1) is 0 Å². The van der Waals surface area contributed by atoms with Crippen molar-refractivity contribution in [1.82, 2.24) is 10.6 Å². The minimum atomic E-state index is -0.963. The second-order valence-corrected chi connectivity index (χ2v) is 11.6. The number of ether oxygens (including phenoxy) is 4. The molecule has 0 amide bonds. The molecule has 2 aliphatic rings. The smallest absolute Gasteiger partial charge is 0.336 e. The van der Waals surface area contributed by atoms with Crippen molar-refractivity contribution >= 4 is 35.3 Å². The quantitative estimate of drug-likeness (QED) is 0.102. The summed E-state index contributed by atoms with van der Waals surface area (Å²) < 4.78 is 21.1. The molecule has 0 aromatic heterocycles. The predicted molar refractivity (Wildman–Crippen MR) is 179 cm³/mol. The maximum atomic E-state index is 13.5. The summed E-state index contributed by atoms with van der Waals surface area (Å²) in [7, 11) is 2.39. The Morgan fingerprint density at radius 3 is 1.14 bits per heavy atom. The first-order valence-electron chi connectivity index (χ1n) is 15.6. The summed E-state index contributed by atoms with van der Waals surface area (Å²) in [5.41, 5.74) is 2.58. The van der Waals surface area contributed by atoms with Gasteiger partial charge < -0.3 is 29.6 Å². The monoisotopic (exact) mass is 704 g/mol. The van der Waals surface area contributed by atoms with Gasteiger partial charge in [-0.2, -0.15) is 0 Å². The number of hydrogen-bond donors (Lipinski definition) is 2. The van der Waals surface area contributed by atoms with Crippen LogP contribution in [0.1, 0.15) is 57.1 Å². The molecule has 0 saturated carbocycles. The third-order valence-electron chi connectivity index (χ3n) is 8.40. The molecular formula is C35H36N4O12. The maximum Gasteiger partial charge on any atom is 0.336 e. The van der Waals surface area contributed by atoms with E-state index in [2.05, 4.69) is 10.6 Å². The van der Waals surface area contributed by atoms with E-state index in [0.717, 1.165) is 0 Å². The number of dihydropyridines is 2. The van der Waals surface area contributed by atoms with E-state index in [1.807, 2.05) is 0 Å². The zero-order valence-electron chi connectivity index (χ0n) is 28.7. The van der Waals surface area contributed by atoms with Gasteiger partial charge in [0.2, 0.25) is 0 Å². The van der Waals surface area contributed by atoms with Crippen molar-refractivity contribution in [3.8, 4) is 0 Å². The van der Waals surface area contributed by atoms with Crippen LogP contribution in [0.3, 0.4) is 0 Å². The number of allylic oxidation sites excluding steroid dienone is 4. The van der Waals surface area contributed by atoms with Gasteiger partial charge in [0, 0.05) is 53.5 Å². The summed E-state index contributed by atoms with van der Waals surface area (Å²) in [5.74, 6) is -4.89. The molecule has 2 aromatic rings. The van der Waals surface area contributed by atoms with Gasteiger partial charge in [-0.05, 0) is 38.8 Å². The summed E-state index contributed by atoms with van der Waals surface area (Å²) in [4.78, 5) is 74.1. The van der Waals surface area contributed by atoms with Crippen LogP contribution in [0.4, 0.5) is 11.4 Å². The van der Waals surface area contributed by atoms with Crippen LogP contribution < -0.4 is 10.6 Å². The van der Waals surface area contributed by atoms with Gasteiger partial charge in [0.15, 0.2) is 0 Å². The molecule has 4 rings (SSSR count). The van der Waals surface area contributed by atoms with Gasteiger partial charge in [-0.1, -0.05) is 24.3 Å². The van der Waals surface area contributed by atoms with Crippen LogP contribution in [0.25, 0.3) is 0 Å². The van der Waals surface area contributed by atoms with Crippen molar-refractivity contribution in [2.45, 2.75) is 46.0 Å². The summed E-state index contributed by atoms with van der Waals surface area (Å²) in [6.07, 6.45) is 0.0683. The van der Waals surface area contributed by atoms with Crippen molar-refractivity contribution in [2.24, 2.45) is 0 Å². The number of esters is 4. The summed E-state index contributed by atoms with van der Waals surface area (Å²) in [6.45, 7) is 6.15. The molecular weight excluding hydrogens is 668 g/mol. The topological polar surface area (TPSA) is 216 Å². The Kier molecular flexibility index (Phi) is 11.7. The standard InChI is InChI=1S/C35H36N4O12/c1-18-26(32(40)48-5)30(22-8-12-24(13-9-22)38(44)45)28(20(3)36-18)34(42)50-16-7-17-51-35(43)29-21(4)37-19(2)27(33(41)49-6)31(29)23-10-14-25(15-11-23)39(46)47/h8-15,30-31,36-37H,7,16-17H2,1-6H3. The van der Waals surface area contributed by atoms with Crippen molar-refractivity contribution in [3.05, 3.63) is 125 Å². The third-order valence-corrected chi connectivity index (χ3v) is 8.40. The van der Waals surface area contributed by atoms with Gasteiger partial charge in [0.25, 0.3) is 11.4 Å². The molecule has 2 aromatic carbocycles. The van der Waals surface area contributed by atoms with Gasteiger partial charge in [0.1, 0.15) is 0 Å². The molecule has 2 unspecified atom stereocenters. The van der Waals surface area contributed by atoms with Crippen LogP contribution in [-0.2, 0) is 38.1 Å². The van der Waals surface area contributed by atoms with E-state index in [1.54, 1.807) is 27.7 Å². The average molecular weight is 705 g/mol. The SMILES string of the molecule is COC(=O)C1=C(C)NC(C)=C(C(=O)OCCCOC(=O)C2=C(C)NC(C)=C(C(=O)OC)C2c2ccc([N+](=O)[O-])cc2)C1c1ccc([N+](=O)[O-])cc1. The molecule has 2 atom stereocenters. The fraction of sp³-hybridized carbons (Fsp3) is 0.314. The number of benzene rings is 2. The Morgan fingerprint density at radius 2 is 0.863 bits per heavy atom. The lowest BCUT2D eigenvalue weighted by molar-refractivity contribution is -0.385. The van der Waals surface area contributed by atoms with Crippen LogP contribution >= 0.6 is 0 Å². The number of rotatable bonds is 12. The molecule has 51 heavy (non-hydrogen) atoms. The van der Waals surface area contributed by atoms with E-state index in [4.69, 9.17) is 18.9 Å². The first kappa shape index (κ1) is 37.5. The molecule has 0 bridgehead atoms. The largest absolute Gasteiger partial charge is 0.466 e. The Labute approximate surface area is 292 Å². The maximum absolute atomic E-state index is 13.5. The molecule has 0 spiro atoms. The molecule has 0 aliphatic carbocycles. The molecule has 268 valence electrons. The van der Waals surface area contributed by atoms with Crippen molar-refractivity contribution in [3.63, 3.8) is 0 Å². The molecule has 2 heterocycles. The fourth-order valence-electron chi connectivity index (χ4n) is 6.08. The van der Waals surface area contributed by atoms with E-state index >= 15 is 0 Å². The van der Waals surface area contributed by atoms with E-state index in [-0.39, 0.29) is 53.3 Å². The highest BCUT2D eigenvalue weighted by Gasteiger charge is 2.39. The molecule has 0 radical (unpaired) electrons. The predicted octanol–water partition coefficient (Wildman–Crippen LogP) is 4.50. The van der Waals surface area contributed by atoms with Crippen LogP contribution in [0.15, 0.2) is 93.6 Å². The van der Waals surface area contributed by atoms with E-state index in [9.17, 15) is 39.4 Å². The normalized spacial score (nSPS) is 17.3. The first-order chi connectivity index (χ1) is 24.2. The van der Waals surface area contributed by atoms with Crippen LogP contribution in [0, 0.1) is 20.2 Å². The first-order valence-corrected chi connectivity index (χ1v) is 15.6. The summed E-state index contributed by atoms with van der Waals surface area (Å²) >= 11 is 0. The number of nitro benzene ring substituents is 2. The lowest BCUT2D eigenvalue weighted by Gasteiger charge is -2.30. The summed E-state index contributed by atoms with van der Waals surface area (Å²) in [6, 6.07) is 10.9. The number of hydrogen-bond acceptors (Lipinski definition) is 14. The highest BCUT2D eigenvalue weighted by molar-refractivity contribution is 6.01. The Hall–Kier alpha value is -6.32. The van der Waals surface area contributed by atoms with Gasteiger partial charge in [-0.3, -0.25) is 20.2 Å². The molecule has 0 saturated heterocycles. The molecule has 16 heteroatoms. The Bertz CT molecular complexity index is 1770. The number of carbonyl (C=O) groups excluding carboxylic acids is 4. The van der Waals surface area contributed by atoms with Gasteiger partial charge >= 0.3 is 23.9 Å². The summed E-state index contributed by atoms with van der Waals surface area (Å²) in [5, 5.41) is 28.5. The highest BCUT2D eigenvalue weighted by atomic mass is 16.6. The number of nitro groups is 2. The lowest BCUT2D eigenvalue weighted by Crippen LogP contribution is -2.32. The second kappa shape index (κ2) is 15.9. The van der Waals surface area contributed by atoms with E-state index in [1.165, 1.54) is 62.8 Å². The Balaban J connectivity index is 1.49. The zero-order valence-corrected chi connectivity index (χ0v) is 28.7. The highest BCUT2D eigenvalue weighted by Crippen LogP contribution is 2.41. The van der Waals surface area contributed by atoms with Crippen molar-refractivity contribution in [1.29, 1.82) is 0 Å². The molecule has 16 nitrogen and oxygen atoms in total. The average Bonchev–Trinajstić information content (AvgIpc) is 3.10. The van der Waals surface area contributed by atoms with Crippen LogP contribution in [-0.4, -0.2) is 61.2 Å². The molecule has 0 fully saturated rings. The Morgan fingerprint density at radius 1 is 0.569 bits per heavy atom. The van der Waals surface area contributed by atoms with Crippen molar-refractivity contribution in [2.75, 3.05) is 27.4 Å². The van der Waals surface area contributed by atoms with Gasteiger partial charge in [-0.25, -0.2) is 19.2 Å². The molecule has 2 N–H and O–H groups in total. The lowest BCUT2D eigenvalue weighted by atomic mass is 9.80. The van der Waals surface area contributed by atoms with Gasteiger partial charge in [0.05, 0.1) is 71.4 Å². The molecule has 2 aliphatic heterocycles. The number of methoxy groups -OCH3 is 2. The number of nitrogens with zero attached hydrogens (tertiary/aromatic N) is 2. The van der Waals surface area contributed by atoms with Crippen LogP contribution in [0.2, 0.25) is 0 Å². The van der Waals surface area contributed by atoms with Crippen LogP contribution in [0.5, 0.6) is 0 Å². The fourth-order valence-corrected chi connectivity index (χ4v) is 6.08.